The van der Waals surface area contributed by atoms with Gasteiger partial charge in [-0.05, 0) is 61.9 Å². The van der Waals surface area contributed by atoms with Crippen LogP contribution in [0.15, 0.2) is 48.9 Å². The maximum Gasteiger partial charge on any atom is 0.262 e. The van der Waals surface area contributed by atoms with Gasteiger partial charge < -0.3 is 16.0 Å². The van der Waals surface area contributed by atoms with Crippen LogP contribution in [0.25, 0.3) is 0 Å². The topological polar surface area (TPSA) is 96.0 Å². The molecule has 3 heterocycles. The normalized spacial score (nSPS) is 16.0. The van der Waals surface area contributed by atoms with Crippen LogP contribution in [0, 0.1) is 12.8 Å². The molecule has 1 unspecified atom stereocenters. The molecule has 0 spiro atoms. The van der Waals surface area contributed by atoms with Gasteiger partial charge in [0.1, 0.15) is 6.04 Å². The molecule has 202 valence electrons. The van der Waals surface area contributed by atoms with Crippen molar-refractivity contribution < 1.29 is 18.4 Å². The average Bonchev–Trinajstić information content (AvgIpc) is 3.38. The number of thiophene rings is 1. The van der Waals surface area contributed by atoms with Crippen LogP contribution in [-0.2, 0) is 17.9 Å². The van der Waals surface area contributed by atoms with Gasteiger partial charge in [-0.1, -0.05) is 17.7 Å². The number of amides is 2. The van der Waals surface area contributed by atoms with Crippen LogP contribution in [0.2, 0.25) is 5.02 Å². The van der Waals surface area contributed by atoms with Crippen LogP contribution < -0.4 is 16.0 Å². The summed E-state index contributed by atoms with van der Waals surface area (Å²) < 4.78 is 27.3. The molecule has 1 aliphatic rings. The fourth-order valence-electron chi connectivity index (χ4n) is 4.41. The molecule has 1 atom stereocenters. The first-order chi connectivity index (χ1) is 18.2. The third-order valence-electron chi connectivity index (χ3n) is 6.61. The van der Waals surface area contributed by atoms with E-state index in [0.29, 0.717) is 35.7 Å². The Morgan fingerprint density at radius 2 is 1.97 bits per heavy atom. The van der Waals surface area contributed by atoms with Gasteiger partial charge in [-0.3, -0.25) is 19.6 Å². The molecule has 1 fully saturated rings. The van der Waals surface area contributed by atoms with Crippen molar-refractivity contribution in [2.24, 2.45) is 5.92 Å². The van der Waals surface area contributed by atoms with Crippen LogP contribution in [0.4, 0.5) is 14.5 Å². The van der Waals surface area contributed by atoms with E-state index in [1.54, 1.807) is 36.8 Å². The van der Waals surface area contributed by atoms with Crippen LogP contribution >= 0.6 is 22.9 Å². The molecular formula is C27H30ClF2N5O2S. The van der Waals surface area contributed by atoms with Crippen molar-refractivity contribution in [2.75, 3.05) is 5.32 Å². The molecule has 2 amide bonds. The Labute approximate surface area is 229 Å². The minimum absolute atomic E-state index is 0.0679. The number of anilines is 1. The Hall–Kier alpha value is -3.11. The summed E-state index contributed by atoms with van der Waals surface area (Å²) in [5.74, 6) is -3.44. The minimum Gasteiger partial charge on any atom is -0.379 e. The van der Waals surface area contributed by atoms with Crippen molar-refractivity contribution in [3.63, 3.8) is 0 Å². The van der Waals surface area contributed by atoms with Crippen LogP contribution in [0.5, 0.6) is 0 Å². The number of nitrogens with one attached hydrogen (secondary N) is 3. The first-order valence-electron chi connectivity index (χ1n) is 12.5. The Morgan fingerprint density at radius 1 is 1.18 bits per heavy atom. The highest BCUT2D eigenvalue weighted by atomic mass is 35.5. The van der Waals surface area contributed by atoms with Crippen molar-refractivity contribution >= 4 is 40.4 Å². The molecule has 3 aromatic heterocycles. The number of carbonyl (C=O) groups is 2. The molecule has 0 aromatic carbocycles. The molecule has 0 bridgehead atoms. The zero-order valence-corrected chi connectivity index (χ0v) is 22.5. The van der Waals surface area contributed by atoms with Gasteiger partial charge in [-0.2, -0.15) is 0 Å². The van der Waals surface area contributed by atoms with Gasteiger partial charge >= 0.3 is 0 Å². The fraction of sp³-hybridized carbons (Fsp3) is 0.407. The van der Waals surface area contributed by atoms with Gasteiger partial charge in [0.25, 0.3) is 5.91 Å². The summed E-state index contributed by atoms with van der Waals surface area (Å²) in [4.78, 5) is 35.8. The number of halogens is 3. The second-order valence-electron chi connectivity index (χ2n) is 9.55. The lowest BCUT2D eigenvalue weighted by atomic mass is 9.82. The van der Waals surface area contributed by atoms with Gasteiger partial charge in [0, 0.05) is 49.4 Å². The summed E-state index contributed by atoms with van der Waals surface area (Å²) in [6.07, 6.45) is 5.43. The van der Waals surface area contributed by atoms with E-state index in [1.165, 1.54) is 11.3 Å². The Kier molecular flexibility index (Phi) is 9.27. The van der Waals surface area contributed by atoms with Crippen molar-refractivity contribution in [3.05, 3.63) is 75.0 Å². The van der Waals surface area contributed by atoms with Crippen LogP contribution in [0.3, 0.4) is 0 Å². The highest BCUT2D eigenvalue weighted by molar-refractivity contribution is 7.14. The molecule has 0 saturated heterocycles. The number of hydrogen-bond acceptors (Lipinski definition) is 6. The van der Waals surface area contributed by atoms with E-state index in [1.807, 2.05) is 19.1 Å². The predicted octanol–water partition coefficient (Wildman–Crippen LogP) is 5.74. The Balaban J connectivity index is 1.39. The average molecular weight is 562 g/mol. The van der Waals surface area contributed by atoms with Crippen molar-refractivity contribution in [1.82, 2.24) is 20.6 Å². The Bertz CT molecular complexity index is 1250. The lowest BCUT2D eigenvalue weighted by molar-refractivity contribution is -0.123. The van der Waals surface area contributed by atoms with E-state index in [0.717, 1.165) is 21.8 Å². The first-order valence-corrected chi connectivity index (χ1v) is 13.7. The minimum atomic E-state index is -2.65. The quantitative estimate of drug-likeness (QED) is 0.293. The zero-order valence-electron chi connectivity index (χ0n) is 21.0. The third kappa shape index (κ3) is 7.94. The number of rotatable bonds is 10. The summed E-state index contributed by atoms with van der Waals surface area (Å²) >= 11 is 7.35. The fourth-order valence-corrected chi connectivity index (χ4v) is 5.42. The largest absolute Gasteiger partial charge is 0.379 e. The summed E-state index contributed by atoms with van der Waals surface area (Å²) in [6, 6.07) is 8.13. The SMILES string of the molecule is Cc1ncc(Cl)cc1NCc1ccc(C(=O)NC(CC2CCC(F)(F)CC2)C(=O)NCc2cccnc2)s1. The lowest BCUT2D eigenvalue weighted by Gasteiger charge is -2.30. The van der Waals surface area contributed by atoms with Crippen molar-refractivity contribution in [3.8, 4) is 0 Å². The van der Waals surface area contributed by atoms with Gasteiger partial charge in [0.15, 0.2) is 0 Å². The number of aromatic nitrogens is 2. The second kappa shape index (κ2) is 12.6. The molecule has 1 aliphatic carbocycles. The highest BCUT2D eigenvalue weighted by Gasteiger charge is 2.36. The summed E-state index contributed by atoms with van der Waals surface area (Å²) in [5.41, 5.74) is 2.44. The van der Waals surface area contributed by atoms with E-state index in [2.05, 4.69) is 25.9 Å². The van der Waals surface area contributed by atoms with Gasteiger partial charge in [-0.15, -0.1) is 11.3 Å². The molecule has 38 heavy (non-hydrogen) atoms. The summed E-state index contributed by atoms with van der Waals surface area (Å²) in [6.45, 7) is 2.61. The standard InChI is InChI=1S/C27H30ClF2N5O2S/c1-17-22(12-20(28)15-32-17)33-16-21-4-5-24(38-21)26(37)35-23(11-18-6-8-27(29,30)9-7-18)25(36)34-14-19-3-2-10-31-13-19/h2-5,10,12-13,15,18,23,33H,6-9,11,14,16H2,1H3,(H,34,36)(H,35,37). The van der Waals surface area contributed by atoms with E-state index in [-0.39, 0.29) is 37.1 Å². The van der Waals surface area contributed by atoms with Gasteiger partial charge in [0.05, 0.1) is 21.3 Å². The molecule has 1 saturated carbocycles. The summed E-state index contributed by atoms with van der Waals surface area (Å²) in [7, 11) is 0. The number of alkyl halides is 2. The van der Waals surface area contributed by atoms with E-state index >= 15 is 0 Å². The first kappa shape index (κ1) is 27.9. The van der Waals surface area contributed by atoms with E-state index in [9.17, 15) is 18.4 Å². The highest BCUT2D eigenvalue weighted by Crippen LogP contribution is 2.38. The van der Waals surface area contributed by atoms with Gasteiger partial charge in [0.2, 0.25) is 11.8 Å². The van der Waals surface area contributed by atoms with Gasteiger partial charge in [-0.25, -0.2) is 8.78 Å². The van der Waals surface area contributed by atoms with E-state index < -0.39 is 12.0 Å². The number of pyridine rings is 2. The molecule has 7 nitrogen and oxygen atoms in total. The van der Waals surface area contributed by atoms with Crippen LogP contribution in [0.1, 0.15) is 57.9 Å². The van der Waals surface area contributed by atoms with Crippen molar-refractivity contribution in [2.45, 2.75) is 64.1 Å². The number of nitrogens with zero attached hydrogens (tertiary/aromatic N) is 2. The predicted molar refractivity (Wildman–Crippen MR) is 144 cm³/mol. The smallest absolute Gasteiger partial charge is 0.262 e. The van der Waals surface area contributed by atoms with Crippen molar-refractivity contribution in [1.29, 1.82) is 0 Å². The second-order valence-corrected chi connectivity index (χ2v) is 11.2. The molecule has 0 radical (unpaired) electrons. The number of carbonyl (C=O) groups excluding carboxylic acids is 2. The zero-order chi connectivity index (χ0) is 27.1. The lowest BCUT2D eigenvalue weighted by Crippen LogP contribution is -2.47. The number of aryl methyl sites for hydroxylation is 1. The summed E-state index contributed by atoms with van der Waals surface area (Å²) in [5, 5.41) is 9.50. The molecular weight excluding hydrogens is 532 g/mol. The molecule has 4 rings (SSSR count). The molecule has 0 aliphatic heterocycles. The molecule has 3 N–H and O–H groups in total. The molecule has 3 aromatic rings. The van der Waals surface area contributed by atoms with Crippen LogP contribution in [-0.4, -0.2) is 33.7 Å². The van der Waals surface area contributed by atoms with E-state index in [4.69, 9.17) is 11.6 Å². The Morgan fingerprint density at radius 3 is 2.71 bits per heavy atom. The third-order valence-corrected chi connectivity index (χ3v) is 7.90. The monoisotopic (exact) mass is 561 g/mol. The maximum atomic E-state index is 13.7. The number of hydrogen-bond donors (Lipinski definition) is 3. The molecule has 11 heteroatoms. The maximum absolute atomic E-state index is 13.7.